The first-order valence-electron chi connectivity index (χ1n) is 17.8. The number of nitrogens with one attached hydrogen (secondary N) is 3. The Bertz CT molecular complexity index is 2890. The molecule has 0 saturated heterocycles. The number of amides is 3. The minimum atomic E-state index is -0.683. The van der Waals surface area contributed by atoms with E-state index in [1.165, 1.54) is 76.6 Å². The Kier molecular flexibility index (Phi) is 12.5. The average molecular weight is 862 g/mol. The van der Waals surface area contributed by atoms with E-state index in [-0.39, 0.29) is 17.1 Å². The van der Waals surface area contributed by atoms with E-state index in [9.17, 15) is 27.6 Å². The molecule has 0 atom stereocenters. The molecule has 6 aromatic heterocycles. The molecule has 0 radical (unpaired) electrons. The quantitative estimate of drug-likeness (QED) is 0.138. The van der Waals surface area contributed by atoms with Crippen molar-refractivity contribution in [2.45, 2.75) is 20.8 Å². The standard InChI is InChI=1S/3C14H10FN3OS/c1-8-2-4-10-12(6-8)20-14(17-10)18-13(19)11-5-3-9(15)7-16-11;1-8-2-3-10-12(6-8)20-14(17-10)18-13(19)11-7-9(15)4-5-16-11;1-8-5-6-9-11(7-8)20-14(17-9)18-13(19)10-3-2-4-12(15)16-10/h3*2-7H,1H3,(H,17,18,19)/i3*15+0. The van der Waals surface area contributed by atoms with Crippen LogP contribution in [0, 0.1) is 38.4 Å². The molecule has 9 aromatic rings. The van der Waals surface area contributed by atoms with Gasteiger partial charge in [-0.1, -0.05) is 58.3 Å². The zero-order valence-corrected chi connectivity index (χ0v) is 34.1. The third-order valence-corrected chi connectivity index (χ3v) is 11.0. The summed E-state index contributed by atoms with van der Waals surface area (Å²) in [6.07, 6.45) is 2.27. The lowest BCUT2D eigenvalue weighted by Crippen LogP contribution is -2.13. The summed E-state index contributed by atoms with van der Waals surface area (Å²) in [5.74, 6) is -3.00. The number of benzene rings is 3. The summed E-state index contributed by atoms with van der Waals surface area (Å²) in [6.45, 7) is 5.99. The molecule has 3 N–H and O–H groups in total. The van der Waals surface area contributed by atoms with Crippen molar-refractivity contribution in [3.05, 3.63) is 161 Å². The van der Waals surface area contributed by atoms with Gasteiger partial charge in [-0.25, -0.2) is 33.7 Å². The second kappa shape index (κ2) is 18.3. The number of nitrogens with zero attached hydrogens (tertiary/aromatic N) is 6. The highest BCUT2D eigenvalue weighted by molar-refractivity contribution is 7.23. The first-order chi connectivity index (χ1) is 28.8. The molecule has 300 valence electrons. The van der Waals surface area contributed by atoms with Crippen LogP contribution in [0.25, 0.3) is 30.6 Å². The van der Waals surface area contributed by atoms with E-state index < -0.39 is 35.3 Å². The largest absolute Gasteiger partial charge is 0.296 e. The Balaban J connectivity index is 0.000000136. The molecule has 3 amide bonds. The molecule has 9 rings (SSSR count). The highest BCUT2D eigenvalue weighted by Crippen LogP contribution is 2.29. The second-order valence-electron chi connectivity index (χ2n) is 12.9. The van der Waals surface area contributed by atoms with Gasteiger partial charge >= 0.3 is 0 Å². The van der Waals surface area contributed by atoms with Gasteiger partial charge < -0.3 is 0 Å². The van der Waals surface area contributed by atoms with Gasteiger partial charge in [-0.05, 0) is 104 Å². The van der Waals surface area contributed by atoms with Gasteiger partial charge in [0, 0.05) is 12.3 Å². The number of carbonyl (C=O) groups excluding carboxylic acids is 3. The van der Waals surface area contributed by atoms with Crippen LogP contribution >= 0.6 is 34.0 Å². The van der Waals surface area contributed by atoms with E-state index in [0.29, 0.717) is 15.4 Å². The van der Waals surface area contributed by atoms with Crippen LogP contribution in [0.5, 0.6) is 0 Å². The predicted molar refractivity (Wildman–Crippen MR) is 230 cm³/mol. The minimum absolute atomic E-state index is 0.0282. The summed E-state index contributed by atoms with van der Waals surface area (Å²) in [5.41, 5.74) is 6.09. The number of thiazole rings is 3. The highest BCUT2D eigenvalue weighted by atomic mass is 32.1. The number of hydrogen-bond acceptors (Lipinski definition) is 12. The Hall–Kier alpha value is -7.02. The fourth-order valence-corrected chi connectivity index (χ4v) is 8.19. The number of aromatic nitrogens is 6. The number of anilines is 3. The van der Waals surface area contributed by atoms with E-state index in [1.807, 2.05) is 75.4 Å². The maximum atomic E-state index is 13.0. The number of carbonyl (C=O) groups is 3. The van der Waals surface area contributed by atoms with E-state index in [4.69, 9.17) is 0 Å². The first-order valence-corrected chi connectivity index (χ1v) is 20.2. The SMILES string of the molecule is Cc1ccc2nc(NC(=O)c3cc([19F])ccn3)sc2c1.Cc1ccc2nc(NC(=O)c3ccc([19F])cn3)sc2c1.Cc1ccc2nc(NC(=O)c3cccc([19F])n3)sc2c1. The summed E-state index contributed by atoms with van der Waals surface area (Å²) in [6, 6.07) is 26.5. The van der Waals surface area contributed by atoms with Crippen molar-refractivity contribution in [3.8, 4) is 0 Å². The molecular formula is C42H30F3N9O3S3. The van der Waals surface area contributed by atoms with Crippen molar-refractivity contribution >= 4 is 97.8 Å². The van der Waals surface area contributed by atoms with Gasteiger partial charge in [0.25, 0.3) is 17.7 Å². The molecule has 0 aliphatic carbocycles. The normalized spacial score (nSPS) is 10.7. The molecule has 0 bridgehead atoms. The number of hydrogen-bond donors (Lipinski definition) is 3. The fourth-order valence-electron chi connectivity index (χ4n) is 5.31. The van der Waals surface area contributed by atoms with E-state index in [2.05, 4.69) is 45.9 Å². The van der Waals surface area contributed by atoms with Crippen LogP contribution in [0.1, 0.15) is 48.2 Å². The van der Waals surface area contributed by atoms with Crippen LogP contribution in [0.2, 0.25) is 0 Å². The number of halogens is 3. The topological polar surface area (TPSA) is 165 Å². The molecule has 0 aliphatic rings. The van der Waals surface area contributed by atoms with Gasteiger partial charge in [-0.2, -0.15) is 4.39 Å². The third kappa shape index (κ3) is 10.5. The molecule has 12 nitrogen and oxygen atoms in total. The molecular weight excluding hydrogens is 832 g/mol. The lowest BCUT2D eigenvalue weighted by atomic mass is 10.2. The predicted octanol–water partition coefficient (Wildman–Crippen LogP) is 10.2. The number of pyridine rings is 3. The van der Waals surface area contributed by atoms with Crippen molar-refractivity contribution in [2.75, 3.05) is 16.0 Å². The van der Waals surface area contributed by atoms with Crippen LogP contribution in [-0.2, 0) is 0 Å². The smallest absolute Gasteiger partial charge is 0.276 e. The van der Waals surface area contributed by atoms with Gasteiger partial charge in [-0.3, -0.25) is 35.3 Å². The fraction of sp³-hybridized carbons (Fsp3) is 0.0714. The zero-order valence-electron chi connectivity index (χ0n) is 31.7. The molecule has 0 fully saturated rings. The zero-order chi connectivity index (χ0) is 42.3. The molecule has 0 unspecified atom stereocenters. The van der Waals surface area contributed by atoms with E-state index in [1.54, 1.807) is 0 Å². The molecule has 6 heterocycles. The third-order valence-electron chi connectivity index (χ3n) is 8.16. The Labute approximate surface area is 351 Å². The van der Waals surface area contributed by atoms with Crippen LogP contribution in [0.15, 0.2) is 109 Å². The van der Waals surface area contributed by atoms with Crippen molar-refractivity contribution < 1.29 is 27.6 Å². The summed E-state index contributed by atoms with van der Waals surface area (Å²) in [4.78, 5) is 59.8. The van der Waals surface area contributed by atoms with Crippen LogP contribution in [0.3, 0.4) is 0 Å². The Morgan fingerprint density at radius 3 is 1.42 bits per heavy atom. The molecule has 0 spiro atoms. The molecule has 60 heavy (non-hydrogen) atoms. The molecule has 0 aliphatic heterocycles. The van der Waals surface area contributed by atoms with Crippen molar-refractivity contribution in [1.82, 2.24) is 29.9 Å². The lowest BCUT2D eigenvalue weighted by molar-refractivity contribution is 0.101. The number of aryl methyl sites for hydroxylation is 3. The van der Waals surface area contributed by atoms with E-state index in [0.717, 1.165) is 59.6 Å². The second-order valence-corrected chi connectivity index (χ2v) is 16.0. The Morgan fingerprint density at radius 1 is 0.483 bits per heavy atom. The van der Waals surface area contributed by atoms with Gasteiger partial charge in [-0.15, -0.1) is 0 Å². The number of fused-ring (bicyclic) bond motifs is 3. The van der Waals surface area contributed by atoms with Crippen molar-refractivity contribution in [3.63, 3.8) is 0 Å². The van der Waals surface area contributed by atoms with Crippen LogP contribution < -0.4 is 16.0 Å². The average Bonchev–Trinajstić information content (AvgIpc) is 3.93. The van der Waals surface area contributed by atoms with Gasteiger partial charge in [0.15, 0.2) is 15.4 Å². The summed E-state index contributed by atoms with van der Waals surface area (Å²) in [5, 5.41) is 9.39. The van der Waals surface area contributed by atoms with E-state index >= 15 is 0 Å². The maximum Gasteiger partial charge on any atom is 0.276 e. The van der Waals surface area contributed by atoms with Gasteiger partial charge in [0.1, 0.15) is 28.7 Å². The first kappa shape index (κ1) is 41.2. The van der Waals surface area contributed by atoms with Crippen LogP contribution in [0.4, 0.5) is 28.6 Å². The number of rotatable bonds is 6. The summed E-state index contributed by atoms with van der Waals surface area (Å²) < 4.78 is 41.8. The van der Waals surface area contributed by atoms with Crippen molar-refractivity contribution in [2.24, 2.45) is 0 Å². The maximum absolute atomic E-state index is 13.0. The highest BCUT2D eigenvalue weighted by Gasteiger charge is 2.14. The lowest BCUT2D eigenvalue weighted by Gasteiger charge is -2.00. The summed E-state index contributed by atoms with van der Waals surface area (Å²) >= 11 is 4.14. The monoisotopic (exact) mass is 861 g/mol. The molecule has 3 aromatic carbocycles. The van der Waals surface area contributed by atoms with Crippen molar-refractivity contribution in [1.29, 1.82) is 0 Å². The van der Waals surface area contributed by atoms with Crippen LogP contribution in [-0.4, -0.2) is 47.6 Å². The Morgan fingerprint density at radius 2 is 0.967 bits per heavy atom. The molecule has 0 saturated carbocycles. The minimum Gasteiger partial charge on any atom is -0.296 e. The van der Waals surface area contributed by atoms with Gasteiger partial charge in [0.05, 0.1) is 36.8 Å². The summed E-state index contributed by atoms with van der Waals surface area (Å²) in [7, 11) is 0. The van der Waals surface area contributed by atoms with Gasteiger partial charge in [0.2, 0.25) is 5.95 Å². The molecule has 18 heteroatoms.